The molecule has 0 spiro atoms. The smallest absolute Gasteiger partial charge is 0.341 e. The van der Waals surface area contributed by atoms with Crippen LogP contribution in [0.3, 0.4) is 0 Å². The fourth-order valence-corrected chi connectivity index (χ4v) is 3.78. The van der Waals surface area contributed by atoms with E-state index in [4.69, 9.17) is 4.74 Å². The van der Waals surface area contributed by atoms with Crippen molar-refractivity contribution in [2.24, 2.45) is 11.8 Å². The van der Waals surface area contributed by atoms with E-state index in [1.165, 1.54) is 25.7 Å². The van der Waals surface area contributed by atoms with Gasteiger partial charge in [-0.25, -0.2) is 4.79 Å². The fraction of sp³-hybridized carbons (Fsp3) is 0.714. The van der Waals surface area contributed by atoms with Gasteiger partial charge in [0.25, 0.3) is 0 Å². The van der Waals surface area contributed by atoms with Crippen molar-refractivity contribution in [2.45, 2.75) is 82.7 Å². The molecule has 2 unspecified atom stereocenters. The largest absolute Gasteiger partial charge is 0.479 e. The van der Waals surface area contributed by atoms with E-state index in [-0.39, 0.29) is 12.0 Å². The van der Waals surface area contributed by atoms with Crippen LogP contribution in [0.5, 0.6) is 0 Å². The van der Waals surface area contributed by atoms with Gasteiger partial charge in [0.2, 0.25) is 11.4 Å². The first-order chi connectivity index (χ1) is 12.3. The van der Waals surface area contributed by atoms with Crippen LogP contribution >= 0.6 is 0 Å². The fourth-order valence-electron chi connectivity index (χ4n) is 3.78. The second-order valence-electron chi connectivity index (χ2n) is 7.66. The lowest BCUT2D eigenvalue weighted by Gasteiger charge is -2.39. The highest BCUT2D eigenvalue weighted by Crippen LogP contribution is 2.42. The lowest BCUT2D eigenvalue weighted by molar-refractivity contribution is -0.284. The lowest BCUT2D eigenvalue weighted by atomic mass is 9.88. The molecular weight excluding hydrogens is 332 g/mol. The molecule has 5 atom stereocenters. The second kappa shape index (κ2) is 9.01. The first-order valence-corrected chi connectivity index (χ1v) is 9.76. The molecule has 1 saturated carbocycles. The van der Waals surface area contributed by atoms with Gasteiger partial charge in [-0.15, -0.1) is 5.73 Å². The Bertz CT molecular complexity index is 573. The van der Waals surface area contributed by atoms with E-state index in [0.717, 1.165) is 38.7 Å². The molecule has 1 aliphatic heterocycles. The number of aliphatic carboxylic acids is 1. The normalized spacial score (nSPS) is 33.6. The highest BCUT2D eigenvalue weighted by molar-refractivity contribution is 5.78. The first-order valence-electron chi connectivity index (χ1n) is 9.76. The van der Waals surface area contributed by atoms with Crippen molar-refractivity contribution in [1.29, 1.82) is 0 Å². The van der Waals surface area contributed by atoms with Gasteiger partial charge in [0.15, 0.2) is 0 Å². The van der Waals surface area contributed by atoms with E-state index < -0.39 is 17.4 Å². The van der Waals surface area contributed by atoms with Crippen LogP contribution in [0.25, 0.3) is 0 Å². The summed E-state index contributed by atoms with van der Waals surface area (Å²) in [5, 5.41) is 30.2. The highest BCUT2D eigenvalue weighted by atomic mass is 16.6. The number of carboxylic acid groups (broad SMARTS) is 1. The van der Waals surface area contributed by atoms with Gasteiger partial charge in [0.05, 0.1) is 6.10 Å². The van der Waals surface area contributed by atoms with Crippen LogP contribution in [0.2, 0.25) is 0 Å². The lowest BCUT2D eigenvalue weighted by Crippen LogP contribution is -2.59. The van der Waals surface area contributed by atoms with Gasteiger partial charge >= 0.3 is 5.97 Å². The Labute approximate surface area is 156 Å². The number of allylic oxidation sites excluding steroid dienone is 2. The molecule has 146 valence electrons. The Hall–Kier alpha value is -1.39. The van der Waals surface area contributed by atoms with E-state index in [0.29, 0.717) is 5.92 Å². The molecule has 0 bridgehead atoms. The second-order valence-corrected chi connectivity index (χ2v) is 7.66. The number of carboxylic acids is 1. The third kappa shape index (κ3) is 4.66. The van der Waals surface area contributed by atoms with Crippen molar-refractivity contribution in [1.82, 2.24) is 0 Å². The van der Waals surface area contributed by atoms with Gasteiger partial charge in [0, 0.05) is 6.08 Å². The van der Waals surface area contributed by atoms with Gasteiger partial charge < -0.3 is 20.1 Å². The molecule has 5 nitrogen and oxygen atoms in total. The average Bonchev–Trinajstić information content (AvgIpc) is 2.93. The third-order valence-electron chi connectivity index (χ3n) is 5.65. The minimum Gasteiger partial charge on any atom is -0.479 e. The molecule has 1 fully saturated rings. The average molecular weight is 364 g/mol. The zero-order valence-corrected chi connectivity index (χ0v) is 15.9. The van der Waals surface area contributed by atoms with Crippen molar-refractivity contribution < 1.29 is 24.9 Å². The molecule has 1 heterocycles. The summed E-state index contributed by atoms with van der Waals surface area (Å²) in [6.45, 7) is 3.25. The van der Waals surface area contributed by atoms with E-state index >= 15 is 0 Å². The number of carbonyl (C=O) groups is 1. The summed E-state index contributed by atoms with van der Waals surface area (Å²) in [6.07, 6.45) is 15.6. The van der Waals surface area contributed by atoms with Gasteiger partial charge in [-0.3, -0.25) is 0 Å². The zero-order chi connectivity index (χ0) is 19.2. The predicted octanol–water partition coefficient (Wildman–Crippen LogP) is 3.56. The van der Waals surface area contributed by atoms with Crippen molar-refractivity contribution in [3.8, 4) is 0 Å². The summed E-state index contributed by atoms with van der Waals surface area (Å²) in [5.74, 6) is -3.34. The van der Waals surface area contributed by atoms with E-state index in [1.54, 1.807) is 6.08 Å². The number of fused-ring (bicyclic) bond motifs is 1. The Morgan fingerprint density at radius 3 is 2.85 bits per heavy atom. The molecule has 0 amide bonds. The Kier molecular flexibility index (Phi) is 7.24. The van der Waals surface area contributed by atoms with Crippen LogP contribution in [0.15, 0.2) is 30.0 Å². The van der Waals surface area contributed by atoms with Gasteiger partial charge in [-0.05, 0) is 56.9 Å². The van der Waals surface area contributed by atoms with E-state index in [9.17, 15) is 20.1 Å². The van der Waals surface area contributed by atoms with Crippen LogP contribution in [0.4, 0.5) is 0 Å². The highest BCUT2D eigenvalue weighted by Gasteiger charge is 2.54. The Balaban J connectivity index is 2.05. The number of aliphatic hydroxyl groups is 2. The molecule has 2 aliphatic rings. The topological polar surface area (TPSA) is 87.0 Å². The summed E-state index contributed by atoms with van der Waals surface area (Å²) < 4.78 is 5.77. The number of rotatable bonds is 8. The maximum absolute atomic E-state index is 11.4. The molecule has 0 aromatic rings. The minimum atomic E-state index is -2.44. The van der Waals surface area contributed by atoms with Crippen molar-refractivity contribution in [3.63, 3.8) is 0 Å². The summed E-state index contributed by atoms with van der Waals surface area (Å²) in [4.78, 5) is 11.4. The SMILES string of the molecule is CCCCCCC=C[C@H]1CC[C@@H]2OC(O)(C(C)(O)C(=O)O)C=C=CC[C@@H]21. The summed E-state index contributed by atoms with van der Waals surface area (Å²) >= 11 is 0. The van der Waals surface area contributed by atoms with Crippen LogP contribution in [0.1, 0.15) is 65.2 Å². The Morgan fingerprint density at radius 2 is 2.15 bits per heavy atom. The van der Waals surface area contributed by atoms with Gasteiger partial charge in [-0.1, -0.05) is 38.3 Å². The number of hydrogen-bond acceptors (Lipinski definition) is 4. The molecule has 2 rings (SSSR count). The quantitative estimate of drug-likeness (QED) is 0.348. The molecule has 0 aromatic carbocycles. The molecule has 5 heteroatoms. The minimum absolute atomic E-state index is 0.152. The molecule has 1 aliphatic carbocycles. The molecule has 0 aromatic heterocycles. The predicted molar refractivity (Wildman–Crippen MR) is 99.5 cm³/mol. The van der Waals surface area contributed by atoms with E-state index in [2.05, 4.69) is 24.8 Å². The van der Waals surface area contributed by atoms with Crippen LogP contribution in [0, 0.1) is 11.8 Å². The molecular formula is C21H32O5. The van der Waals surface area contributed by atoms with Crippen LogP contribution in [-0.4, -0.2) is 38.8 Å². The molecule has 26 heavy (non-hydrogen) atoms. The summed E-state index contributed by atoms with van der Waals surface area (Å²) in [6, 6.07) is 0. The number of unbranched alkanes of at least 4 members (excludes halogenated alkanes) is 4. The Morgan fingerprint density at radius 1 is 1.38 bits per heavy atom. The number of hydrogen-bond donors (Lipinski definition) is 3. The maximum atomic E-state index is 11.4. The van der Waals surface area contributed by atoms with Gasteiger partial charge in [-0.2, -0.15) is 0 Å². The van der Waals surface area contributed by atoms with Crippen LogP contribution < -0.4 is 0 Å². The molecule has 0 radical (unpaired) electrons. The zero-order valence-electron chi connectivity index (χ0n) is 15.9. The van der Waals surface area contributed by atoms with Crippen molar-refractivity contribution in [2.75, 3.05) is 0 Å². The first kappa shape index (κ1) is 20.9. The van der Waals surface area contributed by atoms with E-state index in [1.807, 2.05) is 0 Å². The monoisotopic (exact) mass is 364 g/mol. The molecule has 0 saturated heterocycles. The summed E-state index contributed by atoms with van der Waals surface area (Å²) in [5.41, 5.74) is 0.348. The van der Waals surface area contributed by atoms with Crippen LogP contribution in [-0.2, 0) is 9.53 Å². The third-order valence-corrected chi connectivity index (χ3v) is 5.65. The molecule has 3 N–H and O–H groups in total. The summed E-state index contributed by atoms with van der Waals surface area (Å²) in [7, 11) is 0. The van der Waals surface area contributed by atoms with Crippen molar-refractivity contribution in [3.05, 3.63) is 30.0 Å². The van der Waals surface area contributed by atoms with Crippen molar-refractivity contribution >= 4 is 5.97 Å². The number of ether oxygens (including phenoxy) is 1. The standard InChI is InChI=1S/C21H32O5/c1-3-4-5-6-7-8-11-16-13-14-18-17(16)12-9-10-15-21(25,26-18)20(2,24)19(22)23/h8-9,11,15-18,24-25H,3-7,12-14H2,1-2H3,(H,22,23)/t10?,16-,17+,18-,20?,21?/m0/s1. The maximum Gasteiger partial charge on any atom is 0.341 e. The van der Waals surface area contributed by atoms with Gasteiger partial charge in [0.1, 0.15) is 0 Å².